The van der Waals surface area contributed by atoms with E-state index in [-0.39, 0.29) is 17.4 Å². The van der Waals surface area contributed by atoms with Gasteiger partial charge in [0.25, 0.3) is 5.56 Å². The summed E-state index contributed by atoms with van der Waals surface area (Å²) in [7, 11) is 0. The number of rotatable bonds is 2. The molecule has 0 saturated heterocycles. The smallest absolute Gasteiger partial charge is 0.251 e. The van der Waals surface area contributed by atoms with E-state index in [1.807, 2.05) is 38.1 Å². The predicted molar refractivity (Wildman–Crippen MR) is 72.7 cm³/mol. The Morgan fingerprint density at radius 3 is 2.95 bits per heavy atom. The average molecular weight is 256 g/mol. The first-order valence-corrected chi connectivity index (χ1v) is 6.48. The second kappa shape index (κ2) is 4.53. The number of hydrogen-bond donors (Lipinski definition) is 1. The largest absolute Gasteiger partial charge is 0.492 e. The van der Waals surface area contributed by atoms with Crippen molar-refractivity contribution in [2.75, 3.05) is 6.61 Å². The Morgan fingerprint density at radius 2 is 2.16 bits per heavy atom. The molecule has 0 amide bonds. The van der Waals surface area contributed by atoms with Crippen LogP contribution in [-0.4, -0.2) is 16.6 Å². The molecular formula is C15H16N2O2. The minimum atomic E-state index is -0.0990. The van der Waals surface area contributed by atoms with Crippen molar-refractivity contribution < 1.29 is 4.74 Å². The third-order valence-corrected chi connectivity index (χ3v) is 3.40. The summed E-state index contributed by atoms with van der Waals surface area (Å²) in [5.41, 5.74) is 1.81. The molecule has 0 aliphatic carbocycles. The third-order valence-electron chi connectivity index (χ3n) is 3.40. The monoisotopic (exact) mass is 256 g/mol. The summed E-state index contributed by atoms with van der Waals surface area (Å²) >= 11 is 0. The van der Waals surface area contributed by atoms with Crippen LogP contribution in [0.25, 0.3) is 0 Å². The molecule has 1 N–H and O–H groups in total. The highest BCUT2D eigenvalue weighted by molar-refractivity contribution is 5.42. The zero-order valence-electron chi connectivity index (χ0n) is 11.0. The zero-order chi connectivity index (χ0) is 13.4. The van der Waals surface area contributed by atoms with Gasteiger partial charge in [0.2, 0.25) is 0 Å². The van der Waals surface area contributed by atoms with Crippen LogP contribution in [0.1, 0.15) is 42.8 Å². The van der Waals surface area contributed by atoms with Crippen molar-refractivity contribution in [1.29, 1.82) is 0 Å². The van der Waals surface area contributed by atoms with Crippen molar-refractivity contribution >= 4 is 0 Å². The van der Waals surface area contributed by atoms with Crippen molar-refractivity contribution in [3.63, 3.8) is 0 Å². The predicted octanol–water partition coefficient (Wildman–Crippen LogP) is 2.42. The summed E-state index contributed by atoms with van der Waals surface area (Å²) in [6.07, 6.45) is 0. The average Bonchev–Trinajstić information content (AvgIpc) is 2.81. The Hall–Kier alpha value is -2.10. The van der Waals surface area contributed by atoms with Gasteiger partial charge in [-0.1, -0.05) is 32.0 Å². The maximum absolute atomic E-state index is 11.7. The van der Waals surface area contributed by atoms with Gasteiger partial charge in [-0.3, -0.25) is 4.79 Å². The van der Waals surface area contributed by atoms with Crippen LogP contribution in [0.3, 0.4) is 0 Å². The molecule has 0 saturated carbocycles. The summed E-state index contributed by atoms with van der Waals surface area (Å²) in [6, 6.07) is 9.46. The van der Waals surface area contributed by atoms with E-state index in [0.29, 0.717) is 12.4 Å². The van der Waals surface area contributed by atoms with Gasteiger partial charge in [0.1, 0.15) is 18.2 Å². The van der Waals surface area contributed by atoms with E-state index >= 15 is 0 Å². The van der Waals surface area contributed by atoms with Gasteiger partial charge < -0.3 is 9.72 Å². The molecule has 2 heterocycles. The quantitative estimate of drug-likeness (QED) is 0.897. The Balaban J connectivity index is 2.07. The lowest BCUT2D eigenvalue weighted by Crippen LogP contribution is -2.17. The summed E-state index contributed by atoms with van der Waals surface area (Å²) in [4.78, 5) is 19.2. The number of aromatic nitrogens is 2. The lowest BCUT2D eigenvalue weighted by atomic mass is 10.00. The van der Waals surface area contributed by atoms with E-state index in [2.05, 4.69) is 9.97 Å². The van der Waals surface area contributed by atoms with E-state index < -0.39 is 0 Å². The molecular weight excluding hydrogens is 240 g/mol. The molecule has 1 aliphatic rings. The molecule has 1 aromatic heterocycles. The van der Waals surface area contributed by atoms with Crippen LogP contribution in [-0.2, 0) is 0 Å². The lowest BCUT2D eigenvalue weighted by molar-refractivity contribution is 0.339. The number of hydrogen-bond acceptors (Lipinski definition) is 3. The number of ether oxygens (including phenoxy) is 1. The minimum absolute atomic E-state index is 0.0163. The number of aromatic amines is 1. The van der Waals surface area contributed by atoms with Gasteiger partial charge in [-0.05, 0) is 12.0 Å². The highest BCUT2D eigenvalue weighted by Gasteiger charge is 2.27. The summed E-state index contributed by atoms with van der Waals surface area (Å²) in [6.45, 7) is 4.60. The molecule has 4 heteroatoms. The van der Waals surface area contributed by atoms with Crippen molar-refractivity contribution in [1.82, 2.24) is 9.97 Å². The molecule has 2 aromatic rings. The highest BCUT2D eigenvalue weighted by Crippen LogP contribution is 2.36. The first kappa shape index (κ1) is 12.0. The normalized spacial score (nSPS) is 17.3. The SMILES string of the molecule is CC(C)c1cc(=O)[nH]c(C2COc3ccccc32)n1. The first-order valence-electron chi connectivity index (χ1n) is 6.48. The number of nitrogens with one attached hydrogen (secondary N) is 1. The molecule has 19 heavy (non-hydrogen) atoms. The fourth-order valence-corrected chi connectivity index (χ4v) is 2.35. The van der Waals surface area contributed by atoms with Crippen LogP contribution in [0, 0.1) is 0 Å². The van der Waals surface area contributed by atoms with Crippen LogP contribution in [0.15, 0.2) is 35.1 Å². The molecule has 3 rings (SSSR count). The van der Waals surface area contributed by atoms with Gasteiger partial charge >= 0.3 is 0 Å². The molecule has 4 nitrogen and oxygen atoms in total. The van der Waals surface area contributed by atoms with E-state index in [4.69, 9.17) is 4.74 Å². The molecule has 1 aliphatic heterocycles. The summed E-state index contributed by atoms with van der Waals surface area (Å²) in [5.74, 6) is 1.83. The van der Waals surface area contributed by atoms with Crippen LogP contribution in [0.2, 0.25) is 0 Å². The van der Waals surface area contributed by atoms with E-state index in [9.17, 15) is 4.79 Å². The molecule has 0 fully saturated rings. The Labute approximate surface area is 111 Å². The van der Waals surface area contributed by atoms with Crippen LogP contribution < -0.4 is 10.3 Å². The third kappa shape index (κ3) is 2.14. The van der Waals surface area contributed by atoms with Crippen LogP contribution >= 0.6 is 0 Å². The molecule has 0 bridgehead atoms. The Bertz CT molecular complexity index is 661. The van der Waals surface area contributed by atoms with Crippen molar-refractivity contribution in [3.05, 3.63) is 57.8 Å². The van der Waals surface area contributed by atoms with Crippen molar-refractivity contribution in [2.24, 2.45) is 0 Å². The van der Waals surface area contributed by atoms with Gasteiger partial charge in [-0.15, -0.1) is 0 Å². The molecule has 98 valence electrons. The van der Waals surface area contributed by atoms with Crippen molar-refractivity contribution in [2.45, 2.75) is 25.7 Å². The van der Waals surface area contributed by atoms with Crippen LogP contribution in [0.4, 0.5) is 0 Å². The Morgan fingerprint density at radius 1 is 1.37 bits per heavy atom. The molecule has 1 atom stereocenters. The fourth-order valence-electron chi connectivity index (χ4n) is 2.35. The van der Waals surface area contributed by atoms with Crippen LogP contribution in [0.5, 0.6) is 5.75 Å². The van der Waals surface area contributed by atoms with Gasteiger partial charge in [0.05, 0.1) is 11.6 Å². The van der Waals surface area contributed by atoms with Gasteiger partial charge in [-0.25, -0.2) is 4.98 Å². The molecule has 1 unspecified atom stereocenters. The number of fused-ring (bicyclic) bond motifs is 1. The number of H-pyrrole nitrogens is 1. The summed E-state index contributed by atoms with van der Waals surface area (Å²) in [5, 5.41) is 0. The number of nitrogens with zero attached hydrogens (tertiary/aromatic N) is 1. The molecule has 0 radical (unpaired) electrons. The minimum Gasteiger partial charge on any atom is -0.492 e. The van der Waals surface area contributed by atoms with E-state index in [1.165, 1.54) is 0 Å². The summed E-state index contributed by atoms with van der Waals surface area (Å²) < 4.78 is 5.64. The second-order valence-corrected chi connectivity index (χ2v) is 5.11. The molecule has 0 spiro atoms. The second-order valence-electron chi connectivity index (χ2n) is 5.11. The van der Waals surface area contributed by atoms with Gasteiger partial charge in [0, 0.05) is 11.6 Å². The standard InChI is InChI=1S/C15H16N2O2/c1-9(2)12-7-14(18)17-15(16-12)11-8-19-13-6-4-3-5-10(11)13/h3-7,9,11H,8H2,1-2H3,(H,16,17,18). The number of benzene rings is 1. The first-order chi connectivity index (χ1) is 9.15. The van der Waals surface area contributed by atoms with Gasteiger partial charge in [0.15, 0.2) is 0 Å². The van der Waals surface area contributed by atoms with Gasteiger partial charge in [-0.2, -0.15) is 0 Å². The fraction of sp³-hybridized carbons (Fsp3) is 0.333. The zero-order valence-corrected chi connectivity index (χ0v) is 11.0. The highest BCUT2D eigenvalue weighted by atomic mass is 16.5. The number of para-hydroxylation sites is 1. The molecule has 1 aromatic carbocycles. The van der Waals surface area contributed by atoms with E-state index in [0.717, 1.165) is 17.0 Å². The topological polar surface area (TPSA) is 55.0 Å². The van der Waals surface area contributed by atoms with Crippen molar-refractivity contribution in [3.8, 4) is 5.75 Å². The Kier molecular flexibility index (Phi) is 2.85. The maximum atomic E-state index is 11.7. The lowest BCUT2D eigenvalue weighted by Gasteiger charge is -2.11. The maximum Gasteiger partial charge on any atom is 0.251 e. The van der Waals surface area contributed by atoms with E-state index in [1.54, 1.807) is 6.07 Å².